The van der Waals surface area contributed by atoms with Gasteiger partial charge >= 0.3 is 0 Å². The highest BCUT2D eigenvalue weighted by Crippen LogP contribution is 2.64. The van der Waals surface area contributed by atoms with E-state index in [1.807, 2.05) is 6.08 Å². The van der Waals surface area contributed by atoms with Crippen LogP contribution in [0.2, 0.25) is 5.02 Å². The van der Waals surface area contributed by atoms with Crippen LogP contribution in [0.4, 0.5) is 10.1 Å². The average Bonchev–Trinajstić information content (AvgIpc) is 3.33. The molecule has 2 N–H and O–H groups in total. The number of amides is 4. The van der Waals surface area contributed by atoms with Crippen molar-refractivity contribution in [2.24, 2.45) is 29.1 Å². The SMILES string of the molecule is COc1cc(C2C3=CCC4C(=O)NC(=O)C4C3CC3C(=O)N(c4ccc(F)c(Cl)c4)C(=O)C32C)cc(OC)c1O. The zero-order valence-electron chi connectivity index (χ0n) is 21.9. The summed E-state index contributed by atoms with van der Waals surface area (Å²) in [5.41, 5.74) is 0.109. The number of rotatable bonds is 4. The molecule has 0 bridgehead atoms. The Bertz CT molecular complexity index is 1520. The molecule has 2 saturated heterocycles. The Labute approximate surface area is 233 Å². The molecule has 11 heteroatoms. The van der Waals surface area contributed by atoms with Gasteiger partial charge in [0.1, 0.15) is 5.82 Å². The fraction of sp³-hybridized carbons (Fsp3) is 0.379. The number of nitrogens with one attached hydrogen (secondary N) is 1. The number of carbonyl (C=O) groups is 4. The number of hydrogen-bond acceptors (Lipinski definition) is 7. The zero-order valence-corrected chi connectivity index (χ0v) is 22.6. The Hall–Kier alpha value is -3.92. The van der Waals surface area contributed by atoms with Crippen LogP contribution in [0.3, 0.4) is 0 Å². The monoisotopic (exact) mass is 568 g/mol. The number of allylic oxidation sites excluding steroid dienone is 2. The highest BCUT2D eigenvalue weighted by molar-refractivity contribution is 6.31. The summed E-state index contributed by atoms with van der Waals surface area (Å²) in [6.07, 6.45) is 2.37. The second-order valence-corrected chi connectivity index (χ2v) is 11.3. The van der Waals surface area contributed by atoms with Crippen LogP contribution in [0.25, 0.3) is 0 Å². The Kier molecular flexibility index (Phi) is 5.96. The van der Waals surface area contributed by atoms with Crippen LogP contribution in [0.1, 0.15) is 31.2 Å². The summed E-state index contributed by atoms with van der Waals surface area (Å²) in [5, 5.41) is 12.8. The third-order valence-corrected chi connectivity index (χ3v) is 9.40. The second-order valence-electron chi connectivity index (χ2n) is 10.9. The largest absolute Gasteiger partial charge is 0.502 e. The molecule has 0 spiro atoms. The van der Waals surface area contributed by atoms with Crippen molar-refractivity contribution >= 4 is 40.9 Å². The van der Waals surface area contributed by atoms with Gasteiger partial charge in [0, 0.05) is 5.92 Å². The molecule has 1 saturated carbocycles. The molecule has 2 aliphatic carbocycles. The molecule has 4 amide bonds. The summed E-state index contributed by atoms with van der Waals surface area (Å²) >= 11 is 6.01. The molecule has 6 unspecified atom stereocenters. The minimum atomic E-state index is -1.33. The number of ether oxygens (including phenoxy) is 2. The van der Waals surface area contributed by atoms with Crippen molar-refractivity contribution in [1.29, 1.82) is 0 Å². The summed E-state index contributed by atoms with van der Waals surface area (Å²) in [4.78, 5) is 55.0. The third-order valence-electron chi connectivity index (χ3n) is 9.11. The maximum Gasteiger partial charge on any atom is 0.241 e. The van der Waals surface area contributed by atoms with Crippen molar-refractivity contribution in [3.63, 3.8) is 0 Å². The van der Waals surface area contributed by atoms with Crippen molar-refractivity contribution in [2.45, 2.75) is 25.7 Å². The van der Waals surface area contributed by atoms with E-state index in [1.54, 1.807) is 19.1 Å². The first-order valence-corrected chi connectivity index (χ1v) is 13.2. The first-order chi connectivity index (χ1) is 19.0. The third kappa shape index (κ3) is 3.44. The van der Waals surface area contributed by atoms with Crippen LogP contribution in [-0.4, -0.2) is 43.0 Å². The number of halogens is 2. The second kappa shape index (κ2) is 9.05. The molecule has 3 fully saturated rings. The molecular formula is C29H26ClFN2O7. The summed E-state index contributed by atoms with van der Waals surface area (Å²) < 4.78 is 24.8. The number of fused-ring (bicyclic) bond motifs is 4. The Morgan fingerprint density at radius 3 is 2.35 bits per heavy atom. The highest BCUT2D eigenvalue weighted by Gasteiger charge is 2.67. The van der Waals surface area contributed by atoms with Crippen LogP contribution in [0, 0.1) is 34.9 Å². The molecular weight excluding hydrogens is 543 g/mol. The van der Waals surface area contributed by atoms with Gasteiger partial charge in [-0.2, -0.15) is 0 Å². The van der Waals surface area contributed by atoms with E-state index in [1.165, 1.54) is 26.4 Å². The van der Waals surface area contributed by atoms with Gasteiger partial charge in [-0.25, -0.2) is 9.29 Å². The van der Waals surface area contributed by atoms with E-state index < -0.39 is 58.5 Å². The van der Waals surface area contributed by atoms with Gasteiger partial charge in [0.2, 0.25) is 29.4 Å². The predicted octanol–water partition coefficient (Wildman–Crippen LogP) is 3.72. The van der Waals surface area contributed by atoms with Gasteiger partial charge < -0.3 is 14.6 Å². The van der Waals surface area contributed by atoms with Gasteiger partial charge in [-0.05, 0) is 61.6 Å². The van der Waals surface area contributed by atoms with Crippen molar-refractivity contribution in [3.8, 4) is 17.2 Å². The van der Waals surface area contributed by atoms with E-state index in [2.05, 4.69) is 5.32 Å². The molecule has 2 aromatic carbocycles. The van der Waals surface area contributed by atoms with E-state index in [-0.39, 0.29) is 40.3 Å². The standard InChI is InChI=1S/C29H26ClFN2O7/c1-29-17(27(37)33(28(29)38)13-4-7-19(31)18(30)10-13)11-16-14(5-6-15-22(16)26(36)32-25(15)35)23(29)12-8-20(39-2)24(34)21(9-12)40-3/h4-5,7-10,15-17,22-23,34H,6,11H2,1-3H3,(H,32,35,36). The van der Waals surface area contributed by atoms with Crippen LogP contribution < -0.4 is 19.7 Å². The quantitative estimate of drug-likeness (QED) is 0.426. The molecule has 6 atom stereocenters. The minimum Gasteiger partial charge on any atom is -0.502 e. The number of imide groups is 2. The number of phenolic OH excluding ortho intramolecular Hbond substituents is 1. The van der Waals surface area contributed by atoms with Gasteiger partial charge in [-0.15, -0.1) is 0 Å². The Morgan fingerprint density at radius 2 is 1.73 bits per heavy atom. The number of nitrogens with zero attached hydrogens (tertiary/aromatic N) is 1. The van der Waals surface area contributed by atoms with Crippen molar-refractivity contribution in [2.75, 3.05) is 19.1 Å². The predicted molar refractivity (Wildman–Crippen MR) is 140 cm³/mol. The van der Waals surface area contributed by atoms with Gasteiger partial charge in [0.25, 0.3) is 0 Å². The molecule has 40 heavy (non-hydrogen) atoms. The first kappa shape index (κ1) is 26.3. The van der Waals surface area contributed by atoms with E-state index in [0.29, 0.717) is 12.0 Å². The van der Waals surface area contributed by atoms with Crippen LogP contribution in [0.5, 0.6) is 17.2 Å². The molecule has 6 rings (SSSR count). The maximum atomic E-state index is 14.3. The maximum absolute atomic E-state index is 14.3. The lowest BCUT2D eigenvalue weighted by atomic mass is 9.51. The summed E-state index contributed by atoms with van der Waals surface area (Å²) in [6.45, 7) is 1.71. The highest BCUT2D eigenvalue weighted by atomic mass is 35.5. The lowest BCUT2D eigenvalue weighted by Crippen LogP contribution is -2.48. The number of phenols is 1. The number of carbonyl (C=O) groups excluding carboxylic acids is 4. The van der Waals surface area contributed by atoms with E-state index in [4.69, 9.17) is 21.1 Å². The van der Waals surface area contributed by atoms with Gasteiger partial charge in [0.05, 0.1) is 48.1 Å². The van der Waals surface area contributed by atoms with Gasteiger partial charge in [-0.3, -0.25) is 24.5 Å². The number of hydrogen-bond donors (Lipinski definition) is 2. The van der Waals surface area contributed by atoms with Crippen LogP contribution in [0.15, 0.2) is 42.0 Å². The summed E-state index contributed by atoms with van der Waals surface area (Å²) in [5.74, 6) is -5.78. The molecule has 0 radical (unpaired) electrons. The van der Waals surface area contributed by atoms with Crippen LogP contribution in [-0.2, 0) is 19.2 Å². The average molecular weight is 569 g/mol. The van der Waals surface area contributed by atoms with Gasteiger partial charge in [-0.1, -0.05) is 23.3 Å². The van der Waals surface area contributed by atoms with Crippen molar-refractivity contribution < 1.29 is 38.1 Å². The molecule has 4 aliphatic rings. The molecule has 2 heterocycles. The molecule has 208 valence electrons. The molecule has 0 aromatic heterocycles. The fourth-order valence-electron chi connectivity index (χ4n) is 7.26. The topological polar surface area (TPSA) is 122 Å². The van der Waals surface area contributed by atoms with E-state index in [9.17, 15) is 28.7 Å². The number of benzene rings is 2. The molecule has 2 aliphatic heterocycles. The summed E-state index contributed by atoms with van der Waals surface area (Å²) in [7, 11) is 2.77. The first-order valence-electron chi connectivity index (χ1n) is 12.9. The van der Waals surface area contributed by atoms with Gasteiger partial charge in [0.15, 0.2) is 11.5 Å². The molecule has 2 aromatic rings. The van der Waals surface area contributed by atoms with Crippen molar-refractivity contribution in [1.82, 2.24) is 5.32 Å². The van der Waals surface area contributed by atoms with E-state index in [0.717, 1.165) is 16.5 Å². The number of methoxy groups -OCH3 is 2. The van der Waals surface area contributed by atoms with E-state index >= 15 is 0 Å². The lowest BCUT2D eigenvalue weighted by molar-refractivity contribution is -0.131. The lowest BCUT2D eigenvalue weighted by Gasteiger charge is -2.49. The Morgan fingerprint density at radius 1 is 1.05 bits per heavy atom. The van der Waals surface area contributed by atoms with Crippen LogP contribution >= 0.6 is 11.6 Å². The number of anilines is 1. The summed E-state index contributed by atoms with van der Waals surface area (Å²) in [6, 6.07) is 6.84. The normalized spacial score (nSPS) is 30.9. The zero-order chi connectivity index (χ0) is 28.7. The Balaban J connectivity index is 1.57. The van der Waals surface area contributed by atoms with Crippen molar-refractivity contribution in [3.05, 3.63) is 58.4 Å². The minimum absolute atomic E-state index is 0.110. The fourth-order valence-corrected chi connectivity index (χ4v) is 7.43. The smallest absolute Gasteiger partial charge is 0.241 e. The molecule has 9 nitrogen and oxygen atoms in total. The number of aromatic hydroxyl groups is 1.